The molecule has 0 aliphatic heterocycles. The molecule has 2 aromatic heterocycles. The minimum Gasteiger partial charge on any atom is -0.481 e. The molecule has 0 bridgehead atoms. The maximum absolute atomic E-state index is 10.9. The van der Waals surface area contributed by atoms with Gasteiger partial charge in [-0.25, -0.2) is 0 Å². The van der Waals surface area contributed by atoms with Gasteiger partial charge in [0.1, 0.15) is 0 Å². The summed E-state index contributed by atoms with van der Waals surface area (Å²) < 4.78 is 6.73. The number of aromatic nitrogens is 3. The van der Waals surface area contributed by atoms with E-state index in [2.05, 4.69) is 15.4 Å². The molecule has 0 aliphatic carbocycles. The molecule has 0 aliphatic rings. The van der Waals surface area contributed by atoms with Crippen LogP contribution in [0.1, 0.15) is 5.69 Å². The van der Waals surface area contributed by atoms with Gasteiger partial charge in [0, 0.05) is 44.0 Å². The molecule has 0 spiro atoms. The zero-order chi connectivity index (χ0) is 14.5. The van der Waals surface area contributed by atoms with Crippen LogP contribution in [0.2, 0.25) is 0 Å². The summed E-state index contributed by atoms with van der Waals surface area (Å²) in [5, 5.41) is 18.0. The second-order valence-electron chi connectivity index (χ2n) is 4.10. The molecule has 106 valence electrons. The van der Waals surface area contributed by atoms with Gasteiger partial charge < -0.3 is 10.1 Å². The minimum absolute atomic E-state index is 0.0733. The van der Waals surface area contributed by atoms with Gasteiger partial charge in [-0.1, -0.05) is 0 Å². The van der Waals surface area contributed by atoms with E-state index in [1.165, 1.54) is 19.2 Å². The minimum atomic E-state index is -0.473. The third-order valence-corrected chi connectivity index (χ3v) is 2.85. The van der Waals surface area contributed by atoms with E-state index >= 15 is 0 Å². The lowest BCUT2D eigenvalue weighted by molar-refractivity contribution is -0.384. The normalized spacial score (nSPS) is 10.3. The standard InChI is InChI=1S/C12H15N5O3/c1-16-9(6-8-14-16)5-7-13-12-10(17(18)19)3-4-11(15-12)20-2/h3-4,6,8H,5,7H2,1-2H3,(H,13,15). The van der Waals surface area contributed by atoms with Crippen molar-refractivity contribution < 1.29 is 9.66 Å². The highest BCUT2D eigenvalue weighted by molar-refractivity contribution is 5.57. The lowest BCUT2D eigenvalue weighted by atomic mass is 10.3. The average molecular weight is 277 g/mol. The maximum Gasteiger partial charge on any atom is 0.311 e. The Morgan fingerprint density at radius 3 is 2.85 bits per heavy atom. The van der Waals surface area contributed by atoms with Crippen LogP contribution in [0, 0.1) is 10.1 Å². The van der Waals surface area contributed by atoms with Crippen LogP contribution in [0.25, 0.3) is 0 Å². The highest BCUT2D eigenvalue weighted by Crippen LogP contribution is 2.24. The van der Waals surface area contributed by atoms with E-state index in [1.54, 1.807) is 10.9 Å². The van der Waals surface area contributed by atoms with E-state index in [-0.39, 0.29) is 11.5 Å². The van der Waals surface area contributed by atoms with Crippen LogP contribution in [0.4, 0.5) is 11.5 Å². The van der Waals surface area contributed by atoms with Gasteiger partial charge >= 0.3 is 5.69 Å². The van der Waals surface area contributed by atoms with Gasteiger partial charge in [0.15, 0.2) is 0 Å². The topological polar surface area (TPSA) is 95.1 Å². The van der Waals surface area contributed by atoms with Gasteiger partial charge in [0.25, 0.3) is 0 Å². The van der Waals surface area contributed by atoms with Crippen LogP contribution in [0.5, 0.6) is 5.88 Å². The van der Waals surface area contributed by atoms with Crippen molar-refractivity contribution in [2.45, 2.75) is 6.42 Å². The SMILES string of the molecule is COc1ccc([N+](=O)[O-])c(NCCc2ccnn2C)n1. The van der Waals surface area contributed by atoms with Crippen LogP contribution in [0.3, 0.4) is 0 Å². The van der Waals surface area contributed by atoms with Gasteiger partial charge in [-0.2, -0.15) is 10.1 Å². The number of pyridine rings is 1. The summed E-state index contributed by atoms with van der Waals surface area (Å²) >= 11 is 0. The Balaban J connectivity index is 2.07. The van der Waals surface area contributed by atoms with Gasteiger partial charge in [-0.05, 0) is 6.07 Å². The summed E-state index contributed by atoms with van der Waals surface area (Å²) in [6.45, 7) is 0.514. The Morgan fingerprint density at radius 2 is 2.25 bits per heavy atom. The molecule has 0 fully saturated rings. The fraction of sp³-hybridized carbons (Fsp3) is 0.333. The summed E-state index contributed by atoms with van der Waals surface area (Å²) in [5.74, 6) is 0.537. The van der Waals surface area contributed by atoms with Crippen molar-refractivity contribution >= 4 is 11.5 Å². The maximum atomic E-state index is 10.9. The molecule has 8 nitrogen and oxygen atoms in total. The molecule has 2 heterocycles. The second kappa shape index (κ2) is 6.00. The van der Waals surface area contributed by atoms with E-state index < -0.39 is 4.92 Å². The van der Waals surface area contributed by atoms with Crippen molar-refractivity contribution in [2.75, 3.05) is 19.0 Å². The fourth-order valence-corrected chi connectivity index (χ4v) is 1.78. The number of nitrogens with one attached hydrogen (secondary N) is 1. The van der Waals surface area contributed by atoms with Gasteiger partial charge in [-0.3, -0.25) is 14.8 Å². The van der Waals surface area contributed by atoms with Crippen molar-refractivity contribution in [3.63, 3.8) is 0 Å². The first-order valence-electron chi connectivity index (χ1n) is 6.02. The molecule has 2 rings (SSSR count). The number of ether oxygens (including phenoxy) is 1. The quantitative estimate of drug-likeness (QED) is 0.633. The monoisotopic (exact) mass is 277 g/mol. The third-order valence-electron chi connectivity index (χ3n) is 2.85. The lowest BCUT2D eigenvalue weighted by Crippen LogP contribution is -2.11. The third kappa shape index (κ3) is 3.02. The molecule has 0 amide bonds. The molecule has 0 saturated heterocycles. The summed E-state index contributed by atoms with van der Waals surface area (Å²) in [7, 11) is 3.31. The Morgan fingerprint density at radius 1 is 1.45 bits per heavy atom. The fourth-order valence-electron chi connectivity index (χ4n) is 1.78. The van der Waals surface area contributed by atoms with Crippen LogP contribution in [-0.2, 0) is 13.5 Å². The number of nitro groups is 1. The summed E-state index contributed by atoms with van der Waals surface area (Å²) in [5.41, 5.74) is 0.957. The van der Waals surface area contributed by atoms with Crippen molar-refractivity contribution in [1.29, 1.82) is 0 Å². The predicted octanol–water partition coefficient (Wildman–Crippen LogP) is 1.39. The van der Waals surface area contributed by atoms with Crippen LogP contribution in [-0.4, -0.2) is 33.3 Å². The number of nitrogens with zero attached hydrogens (tertiary/aromatic N) is 4. The zero-order valence-electron chi connectivity index (χ0n) is 11.2. The van der Waals surface area contributed by atoms with E-state index in [0.29, 0.717) is 18.8 Å². The molecule has 8 heteroatoms. The van der Waals surface area contributed by atoms with Crippen molar-refractivity contribution in [3.8, 4) is 5.88 Å². The Hall–Kier alpha value is -2.64. The molecule has 0 atom stereocenters. The summed E-state index contributed by atoms with van der Waals surface area (Å²) in [4.78, 5) is 14.5. The molecule has 0 aromatic carbocycles. The first-order chi connectivity index (χ1) is 9.61. The van der Waals surface area contributed by atoms with E-state index in [9.17, 15) is 10.1 Å². The molecule has 1 N–H and O–H groups in total. The number of hydrogen-bond acceptors (Lipinski definition) is 6. The molecule has 0 unspecified atom stereocenters. The summed E-state index contributed by atoms with van der Waals surface area (Å²) in [6.07, 6.45) is 2.40. The van der Waals surface area contributed by atoms with Gasteiger partial charge in [0.2, 0.25) is 11.7 Å². The molecule has 0 radical (unpaired) electrons. The van der Waals surface area contributed by atoms with Crippen LogP contribution >= 0.6 is 0 Å². The lowest BCUT2D eigenvalue weighted by Gasteiger charge is -2.08. The Kier molecular flexibility index (Phi) is 4.14. The average Bonchev–Trinajstić information content (AvgIpc) is 2.84. The van der Waals surface area contributed by atoms with Crippen molar-refractivity contribution in [3.05, 3.63) is 40.2 Å². The largest absolute Gasteiger partial charge is 0.481 e. The Bertz CT molecular complexity index is 611. The highest BCUT2D eigenvalue weighted by Gasteiger charge is 2.16. The molecular weight excluding hydrogens is 262 g/mol. The van der Waals surface area contributed by atoms with Gasteiger partial charge in [0.05, 0.1) is 12.0 Å². The summed E-state index contributed by atoms with van der Waals surface area (Å²) in [6, 6.07) is 4.73. The molecule has 20 heavy (non-hydrogen) atoms. The van der Waals surface area contributed by atoms with Crippen LogP contribution in [0.15, 0.2) is 24.4 Å². The molecular formula is C12H15N5O3. The number of hydrogen-bond donors (Lipinski definition) is 1. The van der Waals surface area contributed by atoms with E-state index in [0.717, 1.165) is 5.69 Å². The number of rotatable bonds is 6. The molecule has 0 saturated carbocycles. The van der Waals surface area contributed by atoms with Gasteiger partial charge in [-0.15, -0.1) is 0 Å². The number of anilines is 1. The highest BCUT2D eigenvalue weighted by atomic mass is 16.6. The van der Waals surface area contributed by atoms with Crippen molar-refractivity contribution in [1.82, 2.24) is 14.8 Å². The number of aryl methyl sites for hydroxylation is 1. The van der Waals surface area contributed by atoms with Crippen molar-refractivity contribution in [2.24, 2.45) is 7.05 Å². The Labute approximate surface area is 115 Å². The van der Waals surface area contributed by atoms with E-state index in [1.807, 2.05) is 13.1 Å². The zero-order valence-corrected chi connectivity index (χ0v) is 11.2. The molecule has 2 aromatic rings. The predicted molar refractivity (Wildman–Crippen MR) is 72.8 cm³/mol. The first-order valence-corrected chi connectivity index (χ1v) is 6.02. The smallest absolute Gasteiger partial charge is 0.311 e. The number of methoxy groups -OCH3 is 1. The van der Waals surface area contributed by atoms with Crippen LogP contribution < -0.4 is 10.1 Å². The van der Waals surface area contributed by atoms with E-state index in [4.69, 9.17) is 4.74 Å². The second-order valence-corrected chi connectivity index (χ2v) is 4.10. The first kappa shape index (κ1) is 13.8.